The number of hydrogen-bond acceptors (Lipinski definition) is 3. The van der Waals surface area contributed by atoms with Crippen LogP contribution in [0.1, 0.15) is 19.8 Å². The maximum Gasteiger partial charge on any atom is 0.0503 e. The van der Waals surface area contributed by atoms with Gasteiger partial charge in [0.1, 0.15) is 0 Å². The van der Waals surface area contributed by atoms with Gasteiger partial charge < -0.3 is 15.0 Å². The molecule has 0 aromatic carbocycles. The highest BCUT2D eigenvalue weighted by atomic mass is 16.5. The molecule has 0 amide bonds. The Labute approximate surface area is 87.8 Å². The molecular weight excluding hydrogens is 176 g/mol. The molecule has 2 atom stereocenters. The van der Waals surface area contributed by atoms with Gasteiger partial charge in [0.25, 0.3) is 0 Å². The van der Waals surface area contributed by atoms with E-state index in [4.69, 9.17) is 4.74 Å². The minimum Gasteiger partial charge on any atom is -0.384 e. The first-order valence-electron chi connectivity index (χ1n) is 5.65. The van der Waals surface area contributed by atoms with E-state index < -0.39 is 0 Å². The van der Waals surface area contributed by atoms with E-state index in [0.717, 1.165) is 19.1 Å². The van der Waals surface area contributed by atoms with Crippen LogP contribution < -0.4 is 5.32 Å². The van der Waals surface area contributed by atoms with Gasteiger partial charge in [0.15, 0.2) is 0 Å². The van der Waals surface area contributed by atoms with Crippen molar-refractivity contribution in [2.75, 3.05) is 40.4 Å². The zero-order valence-corrected chi connectivity index (χ0v) is 9.75. The molecule has 3 nitrogen and oxygen atoms in total. The van der Waals surface area contributed by atoms with Crippen molar-refractivity contribution in [1.82, 2.24) is 10.2 Å². The fraction of sp³-hybridized carbons (Fsp3) is 1.00. The molecule has 2 unspecified atom stereocenters. The number of rotatable bonds is 6. The Hall–Kier alpha value is -0.120. The fourth-order valence-electron chi connectivity index (χ4n) is 2.17. The summed E-state index contributed by atoms with van der Waals surface area (Å²) < 4.78 is 5.20. The fourth-order valence-corrected chi connectivity index (χ4v) is 2.17. The molecule has 0 bridgehead atoms. The summed E-state index contributed by atoms with van der Waals surface area (Å²) >= 11 is 0. The van der Waals surface area contributed by atoms with E-state index in [1.807, 2.05) is 7.05 Å². The molecule has 1 aliphatic rings. The average molecular weight is 200 g/mol. The first kappa shape index (κ1) is 12.0. The second kappa shape index (κ2) is 6.38. The lowest BCUT2D eigenvalue weighted by atomic mass is 10.1. The Morgan fingerprint density at radius 1 is 1.57 bits per heavy atom. The molecule has 0 aliphatic carbocycles. The molecule has 1 heterocycles. The summed E-state index contributed by atoms with van der Waals surface area (Å²) in [5.74, 6) is 0.761. The predicted octanol–water partition coefficient (Wildman–Crippen LogP) is 0.953. The highest BCUT2D eigenvalue weighted by molar-refractivity contribution is 4.79. The van der Waals surface area contributed by atoms with Crippen molar-refractivity contribution in [2.24, 2.45) is 5.92 Å². The average Bonchev–Trinajstić information content (AvgIpc) is 2.63. The first-order valence-corrected chi connectivity index (χ1v) is 5.65. The van der Waals surface area contributed by atoms with Gasteiger partial charge in [0.2, 0.25) is 0 Å². The van der Waals surface area contributed by atoms with Crippen molar-refractivity contribution in [2.45, 2.75) is 25.8 Å². The van der Waals surface area contributed by atoms with Gasteiger partial charge >= 0.3 is 0 Å². The summed E-state index contributed by atoms with van der Waals surface area (Å²) in [5, 5.41) is 3.21. The molecule has 1 aliphatic heterocycles. The van der Waals surface area contributed by atoms with E-state index >= 15 is 0 Å². The van der Waals surface area contributed by atoms with E-state index in [1.54, 1.807) is 7.11 Å². The van der Waals surface area contributed by atoms with Gasteiger partial charge in [0.05, 0.1) is 6.61 Å². The van der Waals surface area contributed by atoms with Gasteiger partial charge in [0, 0.05) is 19.7 Å². The molecule has 3 heteroatoms. The minimum absolute atomic E-state index is 0.712. The van der Waals surface area contributed by atoms with Crippen LogP contribution in [0.5, 0.6) is 0 Å². The molecule has 84 valence electrons. The van der Waals surface area contributed by atoms with Gasteiger partial charge in [-0.3, -0.25) is 0 Å². The smallest absolute Gasteiger partial charge is 0.0503 e. The highest BCUT2D eigenvalue weighted by Gasteiger charge is 2.25. The molecule has 14 heavy (non-hydrogen) atoms. The molecule has 0 radical (unpaired) electrons. The SMILES string of the molecule is CNCCC(C)N1CCC(COC)C1. The summed E-state index contributed by atoms with van der Waals surface area (Å²) in [6.45, 7) is 6.84. The number of likely N-dealkylation sites (tertiary alicyclic amines) is 1. The first-order chi connectivity index (χ1) is 6.77. The monoisotopic (exact) mass is 200 g/mol. The normalized spacial score (nSPS) is 25.5. The standard InChI is InChI=1S/C11H24N2O/c1-10(4-6-12-2)13-7-5-11(8-13)9-14-3/h10-12H,4-9H2,1-3H3. The lowest BCUT2D eigenvalue weighted by molar-refractivity contribution is 0.147. The van der Waals surface area contributed by atoms with E-state index in [2.05, 4.69) is 17.1 Å². The third kappa shape index (κ3) is 3.56. The van der Waals surface area contributed by atoms with Gasteiger partial charge in [-0.05, 0) is 45.8 Å². The topological polar surface area (TPSA) is 24.5 Å². The van der Waals surface area contributed by atoms with Crippen LogP contribution in [0.3, 0.4) is 0 Å². The Morgan fingerprint density at radius 2 is 2.36 bits per heavy atom. The van der Waals surface area contributed by atoms with E-state index in [-0.39, 0.29) is 0 Å². The van der Waals surface area contributed by atoms with Crippen LogP contribution >= 0.6 is 0 Å². The van der Waals surface area contributed by atoms with Gasteiger partial charge in [-0.2, -0.15) is 0 Å². The van der Waals surface area contributed by atoms with Gasteiger partial charge in [-0.25, -0.2) is 0 Å². The summed E-state index contributed by atoms with van der Waals surface area (Å²) in [6, 6.07) is 0.712. The molecule has 0 aromatic rings. The van der Waals surface area contributed by atoms with Crippen LogP contribution in [-0.2, 0) is 4.74 Å². The molecule has 1 saturated heterocycles. The molecular formula is C11H24N2O. The maximum atomic E-state index is 5.20. The quantitative estimate of drug-likeness (QED) is 0.691. The lowest BCUT2D eigenvalue weighted by Crippen LogP contribution is -2.33. The Balaban J connectivity index is 2.19. The zero-order chi connectivity index (χ0) is 10.4. The van der Waals surface area contributed by atoms with E-state index in [9.17, 15) is 0 Å². The summed E-state index contributed by atoms with van der Waals surface area (Å²) in [4.78, 5) is 2.58. The third-order valence-corrected chi connectivity index (χ3v) is 3.16. The van der Waals surface area contributed by atoms with Crippen LogP contribution in [0.15, 0.2) is 0 Å². The van der Waals surface area contributed by atoms with E-state index in [1.165, 1.54) is 25.9 Å². The van der Waals surface area contributed by atoms with Crippen LogP contribution in [-0.4, -0.2) is 51.3 Å². The van der Waals surface area contributed by atoms with Crippen LogP contribution in [0.4, 0.5) is 0 Å². The number of methoxy groups -OCH3 is 1. The second-order valence-electron chi connectivity index (χ2n) is 4.35. The number of nitrogens with zero attached hydrogens (tertiary/aromatic N) is 1. The number of nitrogens with one attached hydrogen (secondary N) is 1. The third-order valence-electron chi connectivity index (χ3n) is 3.16. The van der Waals surface area contributed by atoms with E-state index in [0.29, 0.717) is 6.04 Å². The predicted molar refractivity (Wildman–Crippen MR) is 59.6 cm³/mol. The van der Waals surface area contributed by atoms with Crippen molar-refractivity contribution < 1.29 is 4.74 Å². The zero-order valence-electron chi connectivity index (χ0n) is 9.75. The number of ether oxygens (including phenoxy) is 1. The molecule has 0 saturated carbocycles. The molecule has 1 rings (SSSR count). The molecule has 0 spiro atoms. The van der Waals surface area contributed by atoms with Gasteiger partial charge in [-0.1, -0.05) is 0 Å². The van der Waals surface area contributed by atoms with Crippen LogP contribution in [0.25, 0.3) is 0 Å². The molecule has 0 aromatic heterocycles. The Kier molecular flexibility index (Phi) is 5.45. The van der Waals surface area contributed by atoms with Crippen molar-refractivity contribution >= 4 is 0 Å². The van der Waals surface area contributed by atoms with Crippen molar-refractivity contribution in [1.29, 1.82) is 0 Å². The summed E-state index contributed by atoms with van der Waals surface area (Å²) in [7, 11) is 3.82. The van der Waals surface area contributed by atoms with Crippen molar-refractivity contribution in [3.8, 4) is 0 Å². The van der Waals surface area contributed by atoms with Gasteiger partial charge in [-0.15, -0.1) is 0 Å². The highest BCUT2D eigenvalue weighted by Crippen LogP contribution is 2.19. The Morgan fingerprint density at radius 3 is 3.00 bits per heavy atom. The van der Waals surface area contributed by atoms with Crippen molar-refractivity contribution in [3.05, 3.63) is 0 Å². The Bertz CT molecular complexity index is 152. The maximum absolute atomic E-state index is 5.20. The summed E-state index contributed by atoms with van der Waals surface area (Å²) in [5.41, 5.74) is 0. The van der Waals surface area contributed by atoms with Crippen LogP contribution in [0, 0.1) is 5.92 Å². The molecule has 1 fully saturated rings. The second-order valence-corrected chi connectivity index (χ2v) is 4.35. The largest absolute Gasteiger partial charge is 0.384 e. The van der Waals surface area contributed by atoms with Crippen molar-refractivity contribution in [3.63, 3.8) is 0 Å². The minimum atomic E-state index is 0.712. The van der Waals surface area contributed by atoms with Crippen LogP contribution in [0.2, 0.25) is 0 Å². The summed E-state index contributed by atoms with van der Waals surface area (Å²) in [6.07, 6.45) is 2.55. The molecule has 1 N–H and O–H groups in total. The number of hydrogen-bond donors (Lipinski definition) is 1. The lowest BCUT2D eigenvalue weighted by Gasteiger charge is -2.24.